The Hall–Kier alpha value is -3.55. The van der Waals surface area contributed by atoms with Gasteiger partial charge in [0.05, 0.1) is 24.1 Å². The largest absolute Gasteiger partial charge is 0.467 e. The number of benzene rings is 1. The van der Waals surface area contributed by atoms with Crippen LogP contribution in [0, 0.1) is 19.7 Å². The molecule has 2 aromatic heterocycles. The zero-order valence-electron chi connectivity index (χ0n) is 18.9. The van der Waals surface area contributed by atoms with Gasteiger partial charge in [-0.25, -0.2) is 4.39 Å². The van der Waals surface area contributed by atoms with E-state index in [1.165, 1.54) is 6.07 Å². The van der Waals surface area contributed by atoms with Crippen LogP contribution in [0.5, 0.6) is 0 Å². The first-order valence-electron chi connectivity index (χ1n) is 11.1. The summed E-state index contributed by atoms with van der Waals surface area (Å²) >= 11 is 0. The molecule has 1 aliphatic heterocycles. The molecule has 174 valence electrons. The van der Waals surface area contributed by atoms with E-state index in [9.17, 15) is 14.0 Å². The number of amides is 2. The molecule has 3 aromatic rings. The Morgan fingerprint density at radius 3 is 2.45 bits per heavy atom. The van der Waals surface area contributed by atoms with Crippen LogP contribution < -0.4 is 4.90 Å². The highest BCUT2D eigenvalue weighted by atomic mass is 19.1. The molecule has 7 nitrogen and oxygen atoms in total. The number of aryl methyl sites for hydroxylation is 2. The SMILES string of the molecule is Cc1cc(C(=O)N(CCC(=O)N2CCN(c3ccccc3F)CC2)Cc2ccco2)c(C)o1. The van der Waals surface area contributed by atoms with Crippen LogP contribution in [0.2, 0.25) is 0 Å². The average Bonchev–Trinajstić information content (AvgIpc) is 3.45. The second-order valence-electron chi connectivity index (χ2n) is 8.20. The molecule has 0 N–H and O–H groups in total. The fourth-order valence-corrected chi connectivity index (χ4v) is 4.15. The van der Waals surface area contributed by atoms with Gasteiger partial charge < -0.3 is 23.5 Å². The lowest BCUT2D eigenvalue weighted by atomic mass is 10.2. The van der Waals surface area contributed by atoms with E-state index in [-0.39, 0.29) is 37.1 Å². The Labute approximate surface area is 192 Å². The van der Waals surface area contributed by atoms with E-state index >= 15 is 0 Å². The van der Waals surface area contributed by atoms with Crippen molar-refractivity contribution < 1.29 is 22.8 Å². The summed E-state index contributed by atoms with van der Waals surface area (Å²) in [5.74, 6) is 1.38. The van der Waals surface area contributed by atoms with E-state index in [1.54, 1.807) is 60.2 Å². The zero-order valence-corrected chi connectivity index (χ0v) is 18.9. The first kappa shape index (κ1) is 22.6. The molecule has 0 saturated carbocycles. The third-order valence-electron chi connectivity index (χ3n) is 5.91. The van der Waals surface area contributed by atoms with Gasteiger partial charge in [0.2, 0.25) is 5.91 Å². The Bertz CT molecular complexity index is 1100. The van der Waals surface area contributed by atoms with Crippen molar-refractivity contribution in [2.75, 3.05) is 37.6 Å². The fourth-order valence-electron chi connectivity index (χ4n) is 4.15. The number of para-hydroxylation sites is 1. The lowest BCUT2D eigenvalue weighted by Gasteiger charge is -2.36. The van der Waals surface area contributed by atoms with E-state index in [4.69, 9.17) is 8.83 Å². The molecule has 8 heteroatoms. The molecule has 0 atom stereocenters. The highest BCUT2D eigenvalue weighted by Crippen LogP contribution is 2.21. The highest BCUT2D eigenvalue weighted by Gasteiger charge is 2.26. The van der Waals surface area contributed by atoms with Gasteiger partial charge >= 0.3 is 0 Å². The van der Waals surface area contributed by atoms with Crippen LogP contribution in [-0.2, 0) is 11.3 Å². The summed E-state index contributed by atoms with van der Waals surface area (Å²) in [6, 6.07) is 12.0. The molecule has 0 radical (unpaired) electrons. The summed E-state index contributed by atoms with van der Waals surface area (Å²) in [7, 11) is 0. The van der Waals surface area contributed by atoms with Gasteiger partial charge in [-0.1, -0.05) is 12.1 Å². The van der Waals surface area contributed by atoms with Crippen molar-refractivity contribution in [3.63, 3.8) is 0 Å². The number of furan rings is 2. The van der Waals surface area contributed by atoms with Crippen LogP contribution in [0.25, 0.3) is 0 Å². The number of hydrogen-bond acceptors (Lipinski definition) is 5. The second-order valence-corrected chi connectivity index (χ2v) is 8.20. The highest BCUT2D eigenvalue weighted by molar-refractivity contribution is 5.95. The Morgan fingerprint density at radius 2 is 1.82 bits per heavy atom. The van der Waals surface area contributed by atoms with Gasteiger partial charge in [-0.3, -0.25) is 9.59 Å². The summed E-state index contributed by atoms with van der Waals surface area (Å²) in [4.78, 5) is 31.4. The molecular formula is C25H28FN3O4. The number of hydrogen-bond donors (Lipinski definition) is 0. The smallest absolute Gasteiger partial charge is 0.257 e. The van der Waals surface area contributed by atoms with E-state index < -0.39 is 0 Å². The number of halogens is 1. The molecule has 1 aromatic carbocycles. The molecule has 0 spiro atoms. The number of carbonyl (C=O) groups is 2. The molecule has 0 unspecified atom stereocenters. The van der Waals surface area contributed by atoms with Crippen LogP contribution in [-0.4, -0.2) is 54.3 Å². The van der Waals surface area contributed by atoms with Crippen molar-refractivity contribution in [3.8, 4) is 0 Å². The number of piperazine rings is 1. The van der Waals surface area contributed by atoms with Crippen LogP contribution in [0.15, 0.2) is 57.6 Å². The molecule has 33 heavy (non-hydrogen) atoms. The van der Waals surface area contributed by atoms with Gasteiger partial charge in [-0.2, -0.15) is 0 Å². The fraction of sp³-hybridized carbons (Fsp3) is 0.360. The van der Waals surface area contributed by atoms with E-state index in [1.807, 2.05) is 11.0 Å². The molecule has 1 saturated heterocycles. The van der Waals surface area contributed by atoms with Gasteiger partial charge in [0.15, 0.2) is 0 Å². The number of anilines is 1. The van der Waals surface area contributed by atoms with Crippen LogP contribution in [0.1, 0.15) is 34.1 Å². The van der Waals surface area contributed by atoms with Gasteiger partial charge in [-0.05, 0) is 44.2 Å². The normalized spacial score (nSPS) is 13.9. The average molecular weight is 454 g/mol. The molecular weight excluding hydrogens is 425 g/mol. The van der Waals surface area contributed by atoms with Crippen molar-refractivity contribution in [1.82, 2.24) is 9.80 Å². The maximum atomic E-state index is 14.1. The van der Waals surface area contributed by atoms with E-state index in [0.717, 1.165) is 0 Å². The Kier molecular flexibility index (Phi) is 6.82. The zero-order chi connectivity index (χ0) is 23.4. The van der Waals surface area contributed by atoms with Crippen LogP contribution in [0.4, 0.5) is 10.1 Å². The lowest BCUT2D eigenvalue weighted by Crippen LogP contribution is -2.49. The molecule has 0 aliphatic carbocycles. The van der Waals surface area contributed by atoms with E-state index in [0.29, 0.717) is 54.7 Å². The minimum Gasteiger partial charge on any atom is -0.467 e. The molecule has 4 rings (SSSR count). The number of nitrogens with zero attached hydrogens (tertiary/aromatic N) is 3. The van der Waals surface area contributed by atoms with Gasteiger partial charge in [0.1, 0.15) is 23.1 Å². The van der Waals surface area contributed by atoms with Crippen LogP contribution >= 0.6 is 0 Å². The third-order valence-corrected chi connectivity index (χ3v) is 5.91. The summed E-state index contributed by atoms with van der Waals surface area (Å²) < 4.78 is 25.0. The van der Waals surface area contributed by atoms with E-state index in [2.05, 4.69) is 0 Å². The lowest BCUT2D eigenvalue weighted by molar-refractivity contribution is -0.131. The van der Waals surface area contributed by atoms with Gasteiger partial charge in [0, 0.05) is 39.1 Å². The monoisotopic (exact) mass is 453 g/mol. The summed E-state index contributed by atoms with van der Waals surface area (Å²) in [5.41, 5.74) is 1.05. The van der Waals surface area contributed by atoms with Gasteiger partial charge in [0.25, 0.3) is 5.91 Å². The molecule has 1 aliphatic rings. The van der Waals surface area contributed by atoms with Crippen LogP contribution in [0.3, 0.4) is 0 Å². The Morgan fingerprint density at radius 1 is 1.06 bits per heavy atom. The molecule has 0 bridgehead atoms. The molecule has 2 amide bonds. The molecule has 3 heterocycles. The Balaban J connectivity index is 1.37. The van der Waals surface area contributed by atoms with Gasteiger partial charge in [-0.15, -0.1) is 0 Å². The summed E-state index contributed by atoms with van der Waals surface area (Å²) in [6.45, 7) is 6.24. The number of rotatable bonds is 7. The quantitative estimate of drug-likeness (QED) is 0.541. The van der Waals surface area contributed by atoms with Crippen molar-refractivity contribution >= 4 is 17.5 Å². The summed E-state index contributed by atoms with van der Waals surface area (Å²) in [5, 5.41) is 0. The predicted octanol–water partition coefficient (Wildman–Crippen LogP) is 4.01. The molecule has 1 fully saturated rings. The van der Waals surface area contributed by atoms with Crippen molar-refractivity contribution in [3.05, 3.63) is 77.4 Å². The maximum Gasteiger partial charge on any atom is 0.257 e. The van der Waals surface area contributed by atoms with Crippen molar-refractivity contribution in [1.29, 1.82) is 0 Å². The minimum atomic E-state index is -0.255. The second kappa shape index (κ2) is 9.94. The first-order chi connectivity index (χ1) is 15.9. The third kappa shape index (κ3) is 5.27. The van der Waals surface area contributed by atoms with Crippen molar-refractivity contribution in [2.45, 2.75) is 26.8 Å². The minimum absolute atomic E-state index is 0.0273. The summed E-state index contributed by atoms with van der Waals surface area (Å²) in [6.07, 6.45) is 1.76. The standard InChI is InChI=1S/C25H28FN3O4/c1-18-16-21(19(2)33-18)25(31)29(17-20-6-5-15-32-20)10-9-24(30)28-13-11-27(12-14-28)23-8-4-3-7-22(23)26/h3-8,15-16H,9-14,17H2,1-2H3. The maximum absolute atomic E-state index is 14.1. The predicted molar refractivity (Wildman–Crippen MR) is 121 cm³/mol. The topological polar surface area (TPSA) is 70.1 Å². The number of carbonyl (C=O) groups excluding carboxylic acids is 2. The first-order valence-corrected chi connectivity index (χ1v) is 11.1. The van der Waals surface area contributed by atoms with Crippen molar-refractivity contribution in [2.24, 2.45) is 0 Å².